The van der Waals surface area contributed by atoms with Gasteiger partial charge < -0.3 is 15.2 Å². The number of hydrogen-bond donors (Lipinski definition) is 2. The topological polar surface area (TPSA) is 65.2 Å². The average molecular weight is 484 g/mol. The molecule has 1 heterocycles. The third kappa shape index (κ3) is 6.08. The van der Waals surface area contributed by atoms with Gasteiger partial charge in [-0.1, -0.05) is 72.8 Å². The Morgan fingerprint density at radius 3 is 2.08 bits per heavy atom. The molecule has 0 aliphatic carbocycles. The van der Waals surface area contributed by atoms with Crippen molar-refractivity contribution < 1.29 is 14.0 Å². The lowest BCUT2D eigenvalue weighted by Crippen LogP contribution is -2.49. The maximum absolute atomic E-state index is 14.0. The van der Waals surface area contributed by atoms with Crippen LogP contribution in [0.2, 0.25) is 0 Å². The predicted molar refractivity (Wildman–Crippen MR) is 140 cm³/mol. The number of hydrogen-bond acceptors (Lipinski definition) is 2. The van der Waals surface area contributed by atoms with Gasteiger partial charge in [-0.05, 0) is 61.7 Å². The quantitative estimate of drug-likeness (QED) is 0.333. The van der Waals surface area contributed by atoms with E-state index in [1.807, 2.05) is 87.5 Å². The summed E-state index contributed by atoms with van der Waals surface area (Å²) < 4.78 is 13.8. The molecule has 0 radical (unpaired) electrons. The second kappa shape index (κ2) is 10.6. The SMILES string of the molecule is CC(C)(C)NC(=O)C(c1ccc(F)cc1)N(Cc1ccccc1)C(=O)c1ccc(-c2ccccc2)[nH]1. The number of amides is 2. The predicted octanol–water partition coefficient (Wildman–Crippen LogP) is 6.12. The molecule has 0 aliphatic rings. The maximum atomic E-state index is 14.0. The van der Waals surface area contributed by atoms with Gasteiger partial charge in [-0.25, -0.2) is 4.39 Å². The van der Waals surface area contributed by atoms with Crippen molar-refractivity contribution in [1.82, 2.24) is 15.2 Å². The number of H-pyrrole nitrogens is 1. The van der Waals surface area contributed by atoms with Crippen LogP contribution in [0.4, 0.5) is 4.39 Å². The molecule has 1 atom stereocenters. The number of halogens is 1. The standard InChI is InChI=1S/C30H30FN3O2/c1-30(2,3)33-28(35)27(23-14-16-24(31)17-15-23)34(20-21-10-6-4-7-11-21)29(36)26-19-18-25(32-26)22-12-8-5-9-13-22/h4-19,27,32H,20H2,1-3H3,(H,33,35). The fourth-order valence-electron chi connectivity index (χ4n) is 4.08. The number of benzene rings is 3. The van der Waals surface area contributed by atoms with Crippen LogP contribution in [0.25, 0.3) is 11.3 Å². The van der Waals surface area contributed by atoms with Gasteiger partial charge in [0, 0.05) is 17.8 Å². The second-order valence-electron chi connectivity index (χ2n) is 9.76. The van der Waals surface area contributed by atoms with Gasteiger partial charge in [0.2, 0.25) is 5.91 Å². The van der Waals surface area contributed by atoms with Crippen LogP contribution < -0.4 is 5.32 Å². The highest BCUT2D eigenvalue weighted by atomic mass is 19.1. The molecule has 2 N–H and O–H groups in total. The van der Waals surface area contributed by atoms with Crippen LogP contribution in [0, 0.1) is 5.82 Å². The summed E-state index contributed by atoms with van der Waals surface area (Å²) in [6.45, 7) is 5.84. The molecule has 4 rings (SSSR count). The summed E-state index contributed by atoms with van der Waals surface area (Å²) in [5.41, 5.74) is 2.99. The summed E-state index contributed by atoms with van der Waals surface area (Å²) in [6.07, 6.45) is 0. The van der Waals surface area contributed by atoms with Crippen LogP contribution in [0.1, 0.15) is 48.4 Å². The monoisotopic (exact) mass is 483 g/mol. The highest BCUT2D eigenvalue weighted by Gasteiger charge is 2.34. The van der Waals surface area contributed by atoms with E-state index in [0.29, 0.717) is 11.3 Å². The Hall–Kier alpha value is -4.19. The Labute approximate surface area is 211 Å². The molecule has 0 fully saturated rings. The fraction of sp³-hybridized carbons (Fsp3) is 0.200. The Balaban J connectivity index is 1.77. The van der Waals surface area contributed by atoms with Crippen LogP contribution in [0.15, 0.2) is 97.1 Å². The molecule has 0 saturated heterocycles. The second-order valence-corrected chi connectivity index (χ2v) is 9.76. The van der Waals surface area contributed by atoms with Gasteiger partial charge in [-0.3, -0.25) is 9.59 Å². The molecule has 2 amide bonds. The van der Waals surface area contributed by atoms with Crippen molar-refractivity contribution in [1.29, 1.82) is 0 Å². The lowest BCUT2D eigenvalue weighted by atomic mass is 10.0. The van der Waals surface area contributed by atoms with Crippen LogP contribution in [0.5, 0.6) is 0 Å². The molecule has 184 valence electrons. The minimum Gasteiger partial charge on any atom is -0.351 e. The number of nitrogens with zero attached hydrogens (tertiary/aromatic N) is 1. The van der Waals surface area contributed by atoms with Crippen LogP contribution in [-0.2, 0) is 11.3 Å². The van der Waals surface area contributed by atoms with Crippen molar-refractivity contribution in [3.05, 3.63) is 120 Å². The Morgan fingerprint density at radius 1 is 0.861 bits per heavy atom. The smallest absolute Gasteiger partial charge is 0.271 e. The third-order valence-corrected chi connectivity index (χ3v) is 5.70. The van der Waals surface area contributed by atoms with Crippen molar-refractivity contribution in [3.8, 4) is 11.3 Å². The summed E-state index contributed by atoms with van der Waals surface area (Å²) in [4.78, 5) is 32.4. The first-order valence-corrected chi connectivity index (χ1v) is 11.9. The van der Waals surface area contributed by atoms with E-state index < -0.39 is 17.4 Å². The minimum atomic E-state index is -0.971. The highest BCUT2D eigenvalue weighted by molar-refractivity contribution is 5.97. The molecule has 0 bridgehead atoms. The molecule has 4 aromatic rings. The molecular weight excluding hydrogens is 453 g/mol. The number of aromatic amines is 1. The summed E-state index contributed by atoms with van der Waals surface area (Å²) in [7, 11) is 0. The van der Waals surface area contributed by atoms with E-state index in [0.717, 1.165) is 16.8 Å². The van der Waals surface area contributed by atoms with Gasteiger partial charge in [0.05, 0.1) is 0 Å². The van der Waals surface area contributed by atoms with Gasteiger partial charge in [0.25, 0.3) is 5.91 Å². The molecule has 0 saturated carbocycles. The van der Waals surface area contributed by atoms with Gasteiger partial charge in [0.15, 0.2) is 0 Å². The summed E-state index contributed by atoms with van der Waals surface area (Å²) in [6, 6.07) is 27.5. The molecule has 1 unspecified atom stereocenters. The molecule has 0 spiro atoms. The number of aromatic nitrogens is 1. The van der Waals surface area contributed by atoms with Gasteiger partial charge in [-0.2, -0.15) is 0 Å². The largest absolute Gasteiger partial charge is 0.351 e. The van der Waals surface area contributed by atoms with Gasteiger partial charge >= 0.3 is 0 Å². The van der Waals surface area contributed by atoms with Crippen molar-refractivity contribution in [2.45, 2.75) is 38.9 Å². The van der Waals surface area contributed by atoms with E-state index in [9.17, 15) is 14.0 Å². The minimum absolute atomic E-state index is 0.193. The lowest BCUT2D eigenvalue weighted by molar-refractivity contribution is -0.127. The Bertz CT molecular complexity index is 1310. The highest BCUT2D eigenvalue weighted by Crippen LogP contribution is 2.28. The van der Waals surface area contributed by atoms with Crippen molar-refractivity contribution in [2.24, 2.45) is 0 Å². The van der Waals surface area contributed by atoms with Crippen LogP contribution >= 0.6 is 0 Å². The molecular formula is C30H30FN3O2. The molecule has 0 aliphatic heterocycles. The van der Waals surface area contributed by atoms with E-state index >= 15 is 0 Å². The first-order chi connectivity index (χ1) is 17.2. The summed E-state index contributed by atoms with van der Waals surface area (Å²) in [5.74, 6) is -1.08. The fourth-order valence-corrected chi connectivity index (χ4v) is 4.08. The average Bonchev–Trinajstić information content (AvgIpc) is 3.35. The van der Waals surface area contributed by atoms with Crippen molar-refractivity contribution in [3.63, 3.8) is 0 Å². The van der Waals surface area contributed by atoms with E-state index in [2.05, 4.69) is 10.3 Å². The zero-order chi connectivity index (χ0) is 25.7. The summed E-state index contributed by atoms with van der Waals surface area (Å²) >= 11 is 0. The van der Waals surface area contributed by atoms with Crippen molar-refractivity contribution in [2.75, 3.05) is 0 Å². The Morgan fingerprint density at radius 2 is 1.47 bits per heavy atom. The van der Waals surface area contributed by atoms with Crippen LogP contribution in [0.3, 0.4) is 0 Å². The van der Waals surface area contributed by atoms with E-state index in [1.165, 1.54) is 17.0 Å². The van der Waals surface area contributed by atoms with Crippen LogP contribution in [-0.4, -0.2) is 27.2 Å². The van der Waals surface area contributed by atoms with Crippen molar-refractivity contribution >= 4 is 11.8 Å². The number of nitrogens with one attached hydrogen (secondary N) is 2. The molecule has 36 heavy (non-hydrogen) atoms. The zero-order valence-electron chi connectivity index (χ0n) is 20.7. The zero-order valence-corrected chi connectivity index (χ0v) is 20.7. The Kier molecular flexibility index (Phi) is 7.34. The first-order valence-electron chi connectivity index (χ1n) is 11.9. The molecule has 3 aromatic carbocycles. The van der Waals surface area contributed by atoms with E-state index in [-0.39, 0.29) is 18.4 Å². The lowest BCUT2D eigenvalue weighted by Gasteiger charge is -2.33. The number of carbonyl (C=O) groups excluding carboxylic acids is 2. The maximum Gasteiger partial charge on any atom is 0.271 e. The van der Waals surface area contributed by atoms with Gasteiger partial charge in [0.1, 0.15) is 17.6 Å². The first kappa shape index (κ1) is 24.9. The molecule has 6 heteroatoms. The third-order valence-electron chi connectivity index (χ3n) is 5.70. The normalized spacial score (nSPS) is 12.1. The summed E-state index contributed by atoms with van der Waals surface area (Å²) in [5, 5.41) is 3.00. The molecule has 1 aromatic heterocycles. The van der Waals surface area contributed by atoms with Gasteiger partial charge in [-0.15, -0.1) is 0 Å². The molecule has 5 nitrogen and oxygen atoms in total. The van der Waals surface area contributed by atoms with E-state index in [1.54, 1.807) is 18.2 Å². The number of carbonyl (C=O) groups is 2. The number of rotatable bonds is 7. The van der Waals surface area contributed by atoms with E-state index in [4.69, 9.17) is 0 Å².